The van der Waals surface area contributed by atoms with E-state index in [9.17, 15) is 19.7 Å². The fraction of sp³-hybridized carbons (Fsp3) is 0.111. The van der Waals surface area contributed by atoms with Gasteiger partial charge in [-0.05, 0) is 17.2 Å². The minimum Gasteiger partial charge on any atom is -0.452 e. The standard InChI is InChI=1S/C18H16N2O5/c21-17(19-12-15-5-2-1-3-6-15)13-25-18(22)10-9-14-7-4-8-16(11-14)20(23)24/h1-11H,12-13H2,(H,19,21)/b10-9+. The van der Waals surface area contributed by atoms with Gasteiger partial charge in [-0.2, -0.15) is 0 Å². The lowest BCUT2D eigenvalue weighted by Gasteiger charge is -2.05. The second kappa shape index (κ2) is 8.97. The lowest BCUT2D eigenvalue weighted by Crippen LogP contribution is -2.28. The molecule has 7 nitrogen and oxygen atoms in total. The van der Waals surface area contributed by atoms with Crippen LogP contribution in [-0.2, 0) is 20.9 Å². The zero-order chi connectivity index (χ0) is 18.1. The number of ether oxygens (including phenoxy) is 1. The van der Waals surface area contributed by atoms with Crippen LogP contribution in [-0.4, -0.2) is 23.4 Å². The first-order valence-electron chi connectivity index (χ1n) is 7.44. The third kappa shape index (κ3) is 6.26. The number of rotatable bonds is 7. The van der Waals surface area contributed by atoms with Gasteiger partial charge in [-0.1, -0.05) is 42.5 Å². The van der Waals surface area contributed by atoms with E-state index >= 15 is 0 Å². The van der Waals surface area contributed by atoms with Crippen molar-refractivity contribution in [1.82, 2.24) is 5.32 Å². The fourth-order valence-electron chi connectivity index (χ4n) is 1.94. The lowest BCUT2D eigenvalue weighted by molar-refractivity contribution is -0.384. The first-order valence-corrected chi connectivity index (χ1v) is 7.44. The summed E-state index contributed by atoms with van der Waals surface area (Å²) in [6.45, 7) is -0.0499. The van der Waals surface area contributed by atoms with E-state index in [2.05, 4.69) is 5.32 Å². The second-order valence-corrected chi connectivity index (χ2v) is 5.06. The van der Waals surface area contributed by atoms with Crippen LogP contribution in [0.5, 0.6) is 0 Å². The Morgan fingerprint density at radius 3 is 2.60 bits per heavy atom. The van der Waals surface area contributed by atoms with E-state index in [1.54, 1.807) is 6.07 Å². The van der Waals surface area contributed by atoms with Crippen molar-refractivity contribution in [2.75, 3.05) is 6.61 Å². The molecule has 0 heterocycles. The van der Waals surface area contributed by atoms with Crippen molar-refractivity contribution >= 4 is 23.6 Å². The molecular formula is C18H16N2O5. The minimum atomic E-state index is -0.707. The Hall–Kier alpha value is -3.48. The molecule has 2 aromatic carbocycles. The van der Waals surface area contributed by atoms with Gasteiger partial charge in [0.1, 0.15) is 0 Å². The van der Waals surface area contributed by atoms with Crippen LogP contribution in [0.25, 0.3) is 6.08 Å². The molecule has 0 fully saturated rings. The molecule has 1 N–H and O–H groups in total. The van der Waals surface area contributed by atoms with Gasteiger partial charge < -0.3 is 10.1 Å². The Bertz CT molecular complexity index is 787. The van der Waals surface area contributed by atoms with Crippen LogP contribution in [0.4, 0.5) is 5.69 Å². The van der Waals surface area contributed by atoms with Gasteiger partial charge in [-0.3, -0.25) is 14.9 Å². The van der Waals surface area contributed by atoms with Gasteiger partial charge in [-0.15, -0.1) is 0 Å². The summed E-state index contributed by atoms with van der Waals surface area (Å²) in [6.07, 6.45) is 2.50. The Morgan fingerprint density at radius 1 is 1.12 bits per heavy atom. The molecule has 0 atom stereocenters. The molecule has 0 radical (unpaired) electrons. The van der Waals surface area contributed by atoms with E-state index in [4.69, 9.17) is 4.74 Å². The summed E-state index contributed by atoms with van der Waals surface area (Å²) in [5, 5.41) is 13.3. The first-order chi connectivity index (χ1) is 12.0. The van der Waals surface area contributed by atoms with Crippen LogP contribution in [0.15, 0.2) is 60.7 Å². The van der Waals surface area contributed by atoms with Crippen molar-refractivity contribution < 1.29 is 19.2 Å². The average Bonchev–Trinajstić information content (AvgIpc) is 2.64. The molecule has 0 saturated carbocycles. The number of nitro groups is 1. The molecule has 0 saturated heterocycles. The SMILES string of the molecule is O=C(COC(=O)/C=C/c1cccc([N+](=O)[O-])c1)NCc1ccccc1. The summed E-state index contributed by atoms with van der Waals surface area (Å²) >= 11 is 0. The van der Waals surface area contributed by atoms with Crippen molar-refractivity contribution in [3.8, 4) is 0 Å². The van der Waals surface area contributed by atoms with Crippen LogP contribution >= 0.6 is 0 Å². The van der Waals surface area contributed by atoms with Crippen molar-refractivity contribution in [2.24, 2.45) is 0 Å². The average molecular weight is 340 g/mol. The number of non-ortho nitro benzene ring substituents is 1. The quantitative estimate of drug-likeness (QED) is 0.361. The predicted octanol–water partition coefficient (Wildman–Crippen LogP) is 2.47. The van der Waals surface area contributed by atoms with Gasteiger partial charge >= 0.3 is 5.97 Å². The molecule has 0 unspecified atom stereocenters. The molecule has 128 valence electrons. The molecular weight excluding hydrogens is 324 g/mol. The Balaban J connectivity index is 1.77. The van der Waals surface area contributed by atoms with E-state index < -0.39 is 23.4 Å². The maximum Gasteiger partial charge on any atom is 0.331 e. The molecule has 0 aliphatic heterocycles. The van der Waals surface area contributed by atoms with Gasteiger partial charge in [0.15, 0.2) is 6.61 Å². The highest BCUT2D eigenvalue weighted by molar-refractivity contribution is 5.89. The Kier molecular flexibility index (Phi) is 6.41. The smallest absolute Gasteiger partial charge is 0.331 e. The molecule has 7 heteroatoms. The summed E-state index contributed by atoms with van der Waals surface area (Å²) in [4.78, 5) is 33.4. The molecule has 2 aromatic rings. The number of carbonyl (C=O) groups excluding carboxylic acids is 2. The zero-order valence-corrected chi connectivity index (χ0v) is 13.3. The summed E-state index contributed by atoms with van der Waals surface area (Å²) in [5.41, 5.74) is 1.35. The second-order valence-electron chi connectivity index (χ2n) is 5.06. The van der Waals surface area contributed by atoms with Gasteiger partial charge in [0, 0.05) is 24.8 Å². The minimum absolute atomic E-state index is 0.0733. The normalized spacial score (nSPS) is 10.4. The van der Waals surface area contributed by atoms with Gasteiger partial charge in [-0.25, -0.2) is 4.79 Å². The van der Waals surface area contributed by atoms with E-state index in [1.807, 2.05) is 30.3 Å². The van der Waals surface area contributed by atoms with Gasteiger partial charge in [0.2, 0.25) is 0 Å². The third-order valence-electron chi connectivity index (χ3n) is 3.17. The highest BCUT2D eigenvalue weighted by Crippen LogP contribution is 2.14. The van der Waals surface area contributed by atoms with Crippen molar-refractivity contribution in [2.45, 2.75) is 6.54 Å². The van der Waals surface area contributed by atoms with Crippen LogP contribution < -0.4 is 5.32 Å². The van der Waals surface area contributed by atoms with Crippen molar-refractivity contribution in [3.63, 3.8) is 0 Å². The van der Waals surface area contributed by atoms with Crippen LogP contribution in [0, 0.1) is 10.1 Å². The topological polar surface area (TPSA) is 98.5 Å². The van der Waals surface area contributed by atoms with Crippen molar-refractivity contribution in [3.05, 3.63) is 81.9 Å². The monoisotopic (exact) mass is 340 g/mol. The molecule has 2 rings (SSSR count). The summed E-state index contributed by atoms with van der Waals surface area (Å²) < 4.78 is 4.82. The van der Waals surface area contributed by atoms with Gasteiger partial charge in [0.05, 0.1) is 4.92 Å². The van der Waals surface area contributed by atoms with Crippen LogP contribution in [0.2, 0.25) is 0 Å². The number of esters is 1. The number of carbonyl (C=O) groups is 2. The molecule has 1 amide bonds. The molecule has 0 aliphatic carbocycles. The highest BCUT2D eigenvalue weighted by Gasteiger charge is 2.06. The summed E-state index contributed by atoms with van der Waals surface area (Å²) in [5.74, 6) is -1.12. The maximum atomic E-state index is 11.6. The molecule has 0 aromatic heterocycles. The zero-order valence-electron chi connectivity index (χ0n) is 13.3. The number of nitrogens with zero attached hydrogens (tertiary/aromatic N) is 1. The Morgan fingerprint density at radius 2 is 1.88 bits per heavy atom. The van der Waals surface area contributed by atoms with Crippen LogP contribution in [0.3, 0.4) is 0 Å². The van der Waals surface area contributed by atoms with Crippen molar-refractivity contribution in [1.29, 1.82) is 0 Å². The number of nitro benzene ring substituents is 1. The molecule has 0 aliphatic rings. The third-order valence-corrected chi connectivity index (χ3v) is 3.17. The highest BCUT2D eigenvalue weighted by atomic mass is 16.6. The number of hydrogen-bond donors (Lipinski definition) is 1. The number of hydrogen-bond acceptors (Lipinski definition) is 5. The maximum absolute atomic E-state index is 11.6. The number of amides is 1. The number of nitrogens with one attached hydrogen (secondary N) is 1. The molecule has 0 spiro atoms. The first kappa shape index (κ1) is 17.9. The van der Waals surface area contributed by atoms with Crippen LogP contribution in [0.1, 0.15) is 11.1 Å². The summed E-state index contributed by atoms with van der Waals surface area (Å²) in [7, 11) is 0. The lowest BCUT2D eigenvalue weighted by atomic mass is 10.2. The predicted molar refractivity (Wildman–Crippen MR) is 91.4 cm³/mol. The summed E-state index contributed by atoms with van der Waals surface area (Å²) in [6, 6.07) is 15.1. The largest absolute Gasteiger partial charge is 0.452 e. The molecule has 25 heavy (non-hydrogen) atoms. The Labute approximate surface area is 144 Å². The van der Waals surface area contributed by atoms with E-state index in [0.717, 1.165) is 11.6 Å². The van der Waals surface area contributed by atoms with E-state index in [-0.39, 0.29) is 5.69 Å². The van der Waals surface area contributed by atoms with E-state index in [0.29, 0.717) is 12.1 Å². The number of benzene rings is 2. The van der Waals surface area contributed by atoms with Gasteiger partial charge in [0.25, 0.3) is 11.6 Å². The molecule has 0 bridgehead atoms. The fourth-order valence-corrected chi connectivity index (χ4v) is 1.94. The van der Waals surface area contributed by atoms with E-state index in [1.165, 1.54) is 24.3 Å².